The van der Waals surface area contributed by atoms with E-state index in [-0.39, 0.29) is 11.8 Å². The van der Waals surface area contributed by atoms with E-state index in [2.05, 4.69) is 10.6 Å². The smallest absolute Gasteiger partial charge is 0.253 e. The van der Waals surface area contributed by atoms with Crippen LogP contribution in [0.25, 0.3) is 0 Å². The molecule has 5 heteroatoms. The minimum Gasteiger partial charge on any atom is -0.339 e. The summed E-state index contributed by atoms with van der Waals surface area (Å²) < 4.78 is 0. The Hall–Kier alpha value is -1.88. The quantitative estimate of drug-likeness (QED) is 0.892. The van der Waals surface area contributed by atoms with Crippen LogP contribution >= 0.6 is 0 Å². The minimum atomic E-state index is 0.0484. The maximum atomic E-state index is 12.2. The van der Waals surface area contributed by atoms with Gasteiger partial charge in [-0.05, 0) is 62.5 Å². The Morgan fingerprint density at radius 1 is 1.18 bits per heavy atom. The van der Waals surface area contributed by atoms with Gasteiger partial charge in [0.05, 0.1) is 0 Å². The molecule has 118 valence electrons. The number of anilines is 1. The molecule has 2 heterocycles. The topological polar surface area (TPSA) is 61.4 Å². The fourth-order valence-corrected chi connectivity index (χ4v) is 3.16. The van der Waals surface area contributed by atoms with Crippen LogP contribution in [0.2, 0.25) is 0 Å². The summed E-state index contributed by atoms with van der Waals surface area (Å²) in [6.45, 7) is 3.64. The Morgan fingerprint density at radius 2 is 1.91 bits per heavy atom. The van der Waals surface area contributed by atoms with E-state index in [0.29, 0.717) is 17.9 Å². The Bertz CT molecular complexity index is 529. The Labute approximate surface area is 131 Å². The molecule has 0 saturated carbocycles. The van der Waals surface area contributed by atoms with Crippen LogP contribution in [0.15, 0.2) is 24.3 Å². The van der Waals surface area contributed by atoms with Crippen LogP contribution in [-0.4, -0.2) is 42.9 Å². The first kappa shape index (κ1) is 15.0. The fraction of sp³-hybridized carbons (Fsp3) is 0.529. The van der Waals surface area contributed by atoms with Crippen molar-refractivity contribution in [1.82, 2.24) is 10.2 Å². The first-order valence-electron chi connectivity index (χ1n) is 8.12. The van der Waals surface area contributed by atoms with E-state index in [0.717, 1.165) is 51.1 Å². The van der Waals surface area contributed by atoms with Crippen LogP contribution in [0, 0.1) is 5.92 Å². The first-order chi connectivity index (χ1) is 10.7. The number of hydrogen-bond acceptors (Lipinski definition) is 3. The molecule has 3 rings (SSSR count). The number of hydrogen-bond donors (Lipinski definition) is 2. The summed E-state index contributed by atoms with van der Waals surface area (Å²) in [4.78, 5) is 26.1. The Morgan fingerprint density at radius 3 is 2.55 bits per heavy atom. The van der Waals surface area contributed by atoms with Crippen molar-refractivity contribution in [2.24, 2.45) is 5.92 Å². The molecule has 2 saturated heterocycles. The highest BCUT2D eigenvalue weighted by Gasteiger charge is 2.20. The number of carbonyl (C=O) groups excluding carboxylic acids is 2. The van der Waals surface area contributed by atoms with E-state index >= 15 is 0 Å². The third kappa shape index (κ3) is 3.65. The molecule has 1 aromatic carbocycles. The Kier molecular flexibility index (Phi) is 4.73. The van der Waals surface area contributed by atoms with Crippen LogP contribution in [0.5, 0.6) is 0 Å². The molecule has 2 N–H and O–H groups in total. The predicted octanol–water partition coefficient (Wildman–Crippen LogP) is 1.86. The van der Waals surface area contributed by atoms with Gasteiger partial charge in [-0.2, -0.15) is 0 Å². The van der Waals surface area contributed by atoms with Crippen molar-refractivity contribution < 1.29 is 9.59 Å². The van der Waals surface area contributed by atoms with Gasteiger partial charge in [-0.15, -0.1) is 0 Å². The molecule has 0 aliphatic carbocycles. The second kappa shape index (κ2) is 6.92. The number of nitrogens with zero attached hydrogens (tertiary/aromatic N) is 1. The van der Waals surface area contributed by atoms with Crippen molar-refractivity contribution in [3.05, 3.63) is 29.8 Å². The largest absolute Gasteiger partial charge is 0.339 e. The van der Waals surface area contributed by atoms with E-state index in [9.17, 15) is 9.59 Å². The third-order valence-electron chi connectivity index (χ3n) is 4.45. The van der Waals surface area contributed by atoms with E-state index < -0.39 is 0 Å². The molecule has 0 bridgehead atoms. The second-order valence-corrected chi connectivity index (χ2v) is 6.19. The van der Waals surface area contributed by atoms with Gasteiger partial charge in [0.25, 0.3) is 5.91 Å². The van der Waals surface area contributed by atoms with Crippen LogP contribution in [-0.2, 0) is 4.79 Å². The SMILES string of the molecule is O=C(CC1CCNC1)Nc1ccc(C(=O)N2CCCC2)cc1. The summed E-state index contributed by atoms with van der Waals surface area (Å²) in [5, 5.41) is 6.18. The molecule has 1 unspecified atom stereocenters. The predicted molar refractivity (Wildman–Crippen MR) is 85.8 cm³/mol. The highest BCUT2D eigenvalue weighted by atomic mass is 16.2. The molecule has 1 atom stereocenters. The number of rotatable bonds is 4. The van der Waals surface area contributed by atoms with Gasteiger partial charge in [0.15, 0.2) is 0 Å². The monoisotopic (exact) mass is 301 g/mol. The molecule has 2 amide bonds. The molecule has 1 aromatic rings. The lowest BCUT2D eigenvalue weighted by molar-refractivity contribution is -0.116. The summed E-state index contributed by atoms with van der Waals surface area (Å²) >= 11 is 0. The first-order valence-corrected chi connectivity index (χ1v) is 8.12. The molecule has 2 aliphatic heterocycles. The van der Waals surface area contributed by atoms with E-state index in [1.165, 1.54) is 0 Å². The standard InChI is InChI=1S/C17H23N3O2/c21-16(11-13-7-8-18-12-13)19-15-5-3-14(4-6-15)17(22)20-9-1-2-10-20/h3-6,13,18H,1-2,7-12H2,(H,19,21). The normalized spacial score (nSPS) is 21.1. The number of likely N-dealkylation sites (tertiary alicyclic amines) is 1. The number of benzene rings is 1. The van der Waals surface area contributed by atoms with Crippen molar-refractivity contribution in [2.45, 2.75) is 25.7 Å². The number of nitrogens with one attached hydrogen (secondary N) is 2. The van der Waals surface area contributed by atoms with Gasteiger partial charge in [0, 0.05) is 30.8 Å². The van der Waals surface area contributed by atoms with Gasteiger partial charge in [-0.25, -0.2) is 0 Å². The maximum Gasteiger partial charge on any atom is 0.253 e. The number of amides is 2. The van der Waals surface area contributed by atoms with Crippen LogP contribution < -0.4 is 10.6 Å². The summed E-state index contributed by atoms with van der Waals surface area (Å²) in [6.07, 6.45) is 3.81. The molecule has 0 aromatic heterocycles. The maximum absolute atomic E-state index is 12.2. The van der Waals surface area contributed by atoms with Gasteiger partial charge in [0.2, 0.25) is 5.91 Å². The van der Waals surface area contributed by atoms with E-state index in [1.807, 2.05) is 17.0 Å². The summed E-state index contributed by atoms with van der Waals surface area (Å²) in [7, 11) is 0. The highest BCUT2D eigenvalue weighted by molar-refractivity contribution is 5.96. The molecule has 2 aliphatic rings. The summed E-state index contributed by atoms with van der Waals surface area (Å²) in [6, 6.07) is 7.23. The van der Waals surface area contributed by atoms with Crippen molar-refractivity contribution in [2.75, 3.05) is 31.5 Å². The molecule has 2 fully saturated rings. The van der Waals surface area contributed by atoms with Gasteiger partial charge >= 0.3 is 0 Å². The Balaban J connectivity index is 1.54. The molecule has 22 heavy (non-hydrogen) atoms. The van der Waals surface area contributed by atoms with Crippen LogP contribution in [0.1, 0.15) is 36.0 Å². The fourth-order valence-electron chi connectivity index (χ4n) is 3.16. The molecule has 0 radical (unpaired) electrons. The summed E-state index contributed by atoms with van der Waals surface area (Å²) in [5.74, 6) is 0.579. The zero-order chi connectivity index (χ0) is 15.4. The number of carbonyl (C=O) groups is 2. The van der Waals surface area contributed by atoms with Crippen molar-refractivity contribution in [1.29, 1.82) is 0 Å². The molecule has 0 spiro atoms. The van der Waals surface area contributed by atoms with E-state index in [4.69, 9.17) is 0 Å². The van der Waals surface area contributed by atoms with Crippen LogP contribution in [0.4, 0.5) is 5.69 Å². The third-order valence-corrected chi connectivity index (χ3v) is 4.45. The second-order valence-electron chi connectivity index (χ2n) is 6.19. The lowest BCUT2D eigenvalue weighted by Gasteiger charge is -2.15. The molecular weight excluding hydrogens is 278 g/mol. The van der Waals surface area contributed by atoms with Gasteiger partial charge in [0.1, 0.15) is 0 Å². The average Bonchev–Trinajstić information content (AvgIpc) is 3.20. The average molecular weight is 301 g/mol. The zero-order valence-corrected chi connectivity index (χ0v) is 12.8. The van der Waals surface area contributed by atoms with Crippen LogP contribution in [0.3, 0.4) is 0 Å². The molecular formula is C17H23N3O2. The zero-order valence-electron chi connectivity index (χ0n) is 12.8. The lowest BCUT2D eigenvalue weighted by Crippen LogP contribution is -2.27. The lowest BCUT2D eigenvalue weighted by atomic mass is 10.0. The minimum absolute atomic E-state index is 0.0484. The van der Waals surface area contributed by atoms with Crippen molar-refractivity contribution in [3.63, 3.8) is 0 Å². The van der Waals surface area contributed by atoms with Gasteiger partial charge < -0.3 is 15.5 Å². The summed E-state index contributed by atoms with van der Waals surface area (Å²) in [5.41, 5.74) is 1.45. The van der Waals surface area contributed by atoms with Gasteiger partial charge in [-0.1, -0.05) is 0 Å². The van der Waals surface area contributed by atoms with Gasteiger partial charge in [-0.3, -0.25) is 9.59 Å². The van der Waals surface area contributed by atoms with E-state index in [1.54, 1.807) is 12.1 Å². The molecule has 5 nitrogen and oxygen atoms in total. The van der Waals surface area contributed by atoms with Crippen molar-refractivity contribution >= 4 is 17.5 Å². The highest BCUT2D eigenvalue weighted by Crippen LogP contribution is 2.17. The van der Waals surface area contributed by atoms with Crippen molar-refractivity contribution in [3.8, 4) is 0 Å².